The van der Waals surface area contributed by atoms with Crippen LogP contribution in [0.5, 0.6) is 0 Å². The van der Waals surface area contributed by atoms with Gasteiger partial charge in [-0.05, 0) is 30.7 Å². The number of carbonyl (C=O) groups is 1. The number of furan rings is 1. The van der Waals surface area contributed by atoms with Crippen molar-refractivity contribution in [2.24, 2.45) is 0 Å². The molecule has 0 saturated carbocycles. The molecule has 1 aromatic carbocycles. The third-order valence-corrected chi connectivity index (χ3v) is 2.76. The molecule has 1 heterocycles. The fraction of sp³-hybridized carbons (Fsp3) is 0.267. The van der Waals surface area contributed by atoms with E-state index < -0.39 is 0 Å². The van der Waals surface area contributed by atoms with Gasteiger partial charge in [0.1, 0.15) is 5.58 Å². The molecule has 0 spiro atoms. The van der Waals surface area contributed by atoms with E-state index in [4.69, 9.17) is 14.9 Å². The van der Waals surface area contributed by atoms with Gasteiger partial charge in [-0.25, -0.2) is 0 Å². The Morgan fingerprint density at radius 2 is 2.25 bits per heavy atom. The van der Waals surface area contributed by atoms with Crippen LogP contribution in [0.2, 0.25) is 0 Å². The van der Waals surface area contributed by atoms with Crippen molar-refractivity contribution in [2.45, 2.75) is 6.42 Å². The highest BCUT2D eigenvalue weighted by molar-refractivity contribution is 5.96. The molecule has 2 rings (SSSR count). The lowest BCUT2D eigenvalue weighted by Gasteiger charge is -2.03. The van der Waals surface area contributed by atoms with E-state index in [-0.39, 0.29) is 11.7 Å². The van der Waals surface area contributed by atoms with Crippen molar-refractivity contribution >= 4 is 22.6 Å². The molecular formula is C15H18N2O3. The van der Waals surface area contributed by atoms with Crippen LogP contribution in [0, 0.1) is 0 Å². The van der Waals surface area contributed by atoms with Crippen LogP contribution in [0.1, 0.15) is 17.0 Å². The smallest absolute Gasteiger partial charge is 0.287 e. The molecule has 0 radical (unpaired) electrons. The summed E-state index contributed by atoms with van der Waals surface area (Å²) in [7, 11) is 0. The average Bonchev–Trinajstić information content (AvgIpc) is 2.85. The van der Waals surface area contributed by atoms with Crippen molar-refractivity contribution in [3.8, 4) is 0 Å². The molecule has 1 amide bonds. The Bertz CT molecular complexity index is 604. The maximum atomic E-state index is 11.9. The number of amides is 1. The lowest BCUT2D eigenvalue weighted by Crippen LogP contribution is -2.26. The monoisotopic (exact) mass is 274 g/mol. The number of benzene rings is 1. The van der Waals surface area contributed by atoms with Crippen molar-refractivity contribution in [2.75, 3.05) is 25.5 Å². The lowest BCUT2D eigenvalue weighted by atomic mass is 10.2. The molecule has 0 aliphatic rings. The number of rotatable bonds is 7. The quantitative estimate of drug-likeness (QED) is 0.461. The first-order chi connectivity index (χ1) is 9.70. The van der Waals surface area contributed by atoms with E-state index in [0.717, 1.165) is 11.8 Å². The lowest BCUT2D eigenvalue weighted by molar-refractivity contribution is 0.0893. The third kappa shape index (κ3) is 3.61. The molecular weight excluding hydrogens is 256 g/mol. The normalized spacial score (nSPS) is 10.6. The Kier molecular flexibility index (Phi) is 4.79. The molecule has 0 bridgehead atoms. The number of nitrogen functional groups attached to an aromatic ring is 1. The van der Waals surface area contributed by atoms with E-state index in [1.807, 2.05) is 0 Å². The van der Waals surface area contributed by atoms with E-state index in [0.29, 0.717) is 31.0 Å². The zero-order valence-electron chi connectivity index (χ0n) is 11.2. The number of carbonyl (C=O) groups excluding carboxylic acids is 1. The molecule has 5 nitrogen and oxygen atoms in total. The van der Waals surface area contributed by atoms with Crippen LogP contribution in [0.15, 0.2) is 41.3 Å². The second-order valence-electron chi connectivity index (χ2n) is 4.35. The number of hydrogen-bond acceptors (Lipinski definition) is 4. The van der Waals surface area contributed by atoms with Gasteiger partial charge in [-0.2, -0.15) is 0 Å². The molecule has 2 aromatic rings. The third-order valence-electron chi connectivity index (χ3n) is 2.76. The van der Waals surface area contributed by atoms with E-state index in [9.17, 15) is 4.79 Å². The minimum absolute atomic E-state index is 0.257. The number of fused-ring (bicyclic) bond motifs is 1. The van der Waals surface area contributed by atoms with Crippen LogP contribution in [0.4, 0.5) is 5.69 Å². The van der Waals surface area contributed by atoms with Gasteiger partial charge < -0.3 is 20.2 Å². The Balaban J connectivity index is 1.86. The number of hydrogen-bond donors (Lipinski definition) is 2. The molecule has 3 N–H and O–H groups in total. The highest BCUT2D eigenvalue weighted by atomic mass is 16.5. The molecule has 0 atom stereocenters. The minimum atomic E-state index is -0.257. The van der Waals surface area contributed by atoms with E-state index in [2.05, 4.69) is 11.9 Å². The summed E-state index contributed by atoms with van der Waals surface area (Å²) in [6.07, 6.45) is 2.59. The van der Waals surface area contributed by atoms with Crippen LogP contribution in [-0.4, -0.2) is 25.7 Å². The first-order valence-corrected chi connectivity index (χ1v) is 6.46. The van der Waals surface area contributed by atoms with Gasteiger partial charge in [0, 0.05) is 17.6 Å². The predicted molar refractivity (Wildman–Crippen MR) is 78.6 cm³/mol. The van der Waals surface area contributed by atoms with Crippen LogP contribution >= 0.6 is 0 Å². The van der Waals surface area contributed by atoms with Crippen molar-refractivity contribution in [3.63, 3.8) is 0 Å². The van der Waals surface area contributed by atoms with Gasteiger partial charge in [0.15, 0.2) is 5.76 Å². The number of anilines is 1. The summed E-state index contributed by atoms with van der Waals surface area (Å²) < 4.78 is 10.8. The highest BCUT2D eigenvalue weighted by Crippen LogP contribution is 2.21. The molecule has 5 heteroatoms. The van der Waals surface area contributed by atoms with Crippen molar-refractivity contribution in [1.29, 1.82) is 0 Å². The molecule has 0 aliphatic heterocycles. The van der Waals surface area contributed by atoms with Crippen LogP contribution in [0.25, 0.3) is 11.0 Å². The summed E-state index contributed by atoms with van der Waals surface area (Å²) in [6.45, 7) is 5.12. The fourth-order valence-electron chi connectivity index (χ4n) is 1.77. The standard InChI is InChI=1S/C15H18N2O3/c1-2-3-7-19-8-6-17-15(18)14-10-11-9-12(16)4-5-13(11)20-14/h2,4-5,9-10H,1,3,6-8,16H2,(H,17,18). The summed E-state index contributed by atoms with van der Waals surface area (Å²) in [4.78, 5) is 11.9. The Morgan fingerprint density at radius 3 is 3.05 bits per heavy atom. The first-order valence-electron chi connectivity index (χ1n) is 6.46. The second kappa shape index (κ2) is 6.77. The van der Waals surface area contributed by atoms with Crippen LogP contribution in [0.3, 0.4) is 0 Å². The molecule has 0 saturated heterocycles. The zero-order valence-corrected chi connectivity index (χ0v) is 11.2. The summed E-state index contributed by atoms with van der Waals surface area (Å²) in [5, 5.41) is 3.55. The average molecular weight is 274 g/mol. The van der Waals surface area contributed by atoms with Crippen molar-refractivity contribution in [1.82, 2.24) is 5.32 Å². The number of ether oxygens (including phenoxy) is 1. The molecule has 1 aromatic heterocycles. The maximum Gasteiger partial charge on any atom is 0.287 e. The van der Waals surface area contributed by atoms with Gasteiger partial charge in [-0.3, -0.25) is 4.79 Å². The van der Waals surface area contributed by atoms with Crippen LogP contribution < -0.4 is 11.1 Å². The van der Waals surface area contributed by atoms with E-state index in [1.165, 1.54) is 0 Å². The molecule has 0 fully saturated rings. The summed E-state index contributed by atoms with van der Waals surface area (Å²) in [5.41, 5.74) is 6.97. The Labute approximate surface area is 117 Å². The van der Waals surface area contributed by atoms with Gasteiger partial charge in [0.2, 0.25) is 0 Å². The zero-order chi connectivity index (χ0) is 14.4. The predicted octanol–water partition coefficient (Wildman–Crippen LogP) is 2.34. The van der Waals surface area contributed by atoms with Gasteiger partial charge in [-0.15, -0.1) is 6.58 Å². The van der Waals surface area contributed by atoms with Gasteiger partial charge >= 0.3 is 0 Å². The molecule has 0 aliphatic carbocycles. The summed E-state index contributed by atoms with van der Waals surface area (Å²) >= 11 is 0. The molecule has 0 unspecified atom stereocenters. The maximum absolute atomic E-state index is 11.9. The topological polar surface area (TPSA) is 77.5 Å². The fourth-order valence-corrected chi connectivity index (χ4v) is 1.77. The van der Waals surface area contributed by atoms with E-state index in [1.54, 1.807) is 30.3 Å². The first kappa shape index (κ1) is 14.1. The van der Waals surface area contributed by atoms with Crippen molar-refractivity contribution < 1.29 is 13.9 Å². The van der Waals surface area contributed by atoms with Gasteiger partial charge in [0.05, 0.1) is 13.2 Å². The SMILES string of the molecule is C=CCCOCCNC(=O)c1cc2cc(N)ccc2o1. The minimum Gasteiger partial charge on any atom is -0.451 e. The summed E-state index contributed by atoms with van der Waals surface area (Å²) in [6, 6.07) is 6.94. The highest BCUT2D eigenvalue weighted by Gasteiger charge is 2.11. The molecule has 106 valence electrons. The van der Waals surface area contributed by atoms with Gasteiger partial charge in [-0.1, -0.05) is 6.08 Å². The Morgan fingerprint density at radius 1 is 1.40 bits per heavy atom. The van der Waals surface area contributed by atoms with Crippen LogP contribution in [-0.2, 0) is 4.74 Å². The van der Waals surface area contributed by atoms with Crippen molar-refractivity contribution in [3.05, 3.63) is 42.7 Å². The molecule has 20 heavy (non-hydrogen) atoms. The van der Waals surface area contributed by atoms with E-state index >= 15 is 0 Å². The second-order valence-corrected chi connectivity index (χ2v) is 4.35. The van der Waals surface area contributed by atoms with Gasteiger partial charge in [0.25, 0.3) is 5.91 Å². The number of nitrogens with one attached hydrogen (secondary N) is 1. The Hall–Kier alpha value is -2.27. The largest absolute Gasteiger partial charge is 0.451 e. The summed E-state index contributed by atoms with van der Waals surface area (Å²) in [5.74, 6) is 0.0174. The number of nitrogens with two attached hydrogens (primary N) is 1.